The number of H-pyrrole nitrogens is 1. The summed E-state index contributed by atoms with van der Waals surface area (Å²) in [5.74, 6) is 2.33. The molecule has 28 heavy (non-hydrogen) atoms. The van der Waals surface area contributed by atoms with Crippen LogP contribution in [0, 0.1) is 0 Å². The van der Waals surface area contributed by atoms with Crippen LogP contribution in [-0.4, -0.2) is 31.8 Å². The van der Waals surface area contributed by atoms with Gasteiger partial charge in [0.25, 0.3) is 0 Å². The van der Waals surface area contributed by atoms with E-state index in [9.17, 15) is 0 Å². The van der Waals surface area contributed by atoms with Crippen molar-refractivity contribution >= 4 is 0 Å². The lowest BCUT2D eigenvalue weighted by atomic mass is 10.1. The summed E-state index contributed by atoms with van der Waals surface area (Å²) in [4.78, 5) is 4.45. The van der Waals surface area contributed by atoms with Crippen molar-refractivity contribution in [3.63, 3.8) is 0 Å². The lowest BCUT2D eigenvalue weighted by Crippen LogP contribution is -2.13. The number of benzene rings is 1. The van der Waals surface area contributed by atoms with Gasteiger partial charge in [0.1, 0.15) is 0 Å². The van der Waals surface area contributed by atoms with Crippen LogP contribution in [-0.2, 0) is 13.1 Å². The quantitative estimate of drug-likeness (QED) is 0.539. The zero-order valence-electron chi connectivity index (χ0n) is 15.0. The third-order valence-electron chi connectivity index (χ3n) is 4.57. The minimum atomic E-state index is 0.267. The fourth-order valence-corrected chi connectivity index (χ4v) is 3.15. The number of aromatic nitrogens is 5. The van der Waals surface area contributed by atoms with E-state index in [0.717, 1.165) is 39.7 Å². The number of rotatable bonds is 6. The number of aromatic amines is 1. The van der Waals surface area contributed by atoms with E-state index < -0.39 is 0 Å². The molecule has 1 aliphatic rings. The first kappa shape index (κ1) is 16.5. The predicted octanol–water partition coefficient (Wildman–Crippen LogP) is 2.68. The van der Waals surface area contributed by atoms with E-state index in [1.807, 2.05) is 55.0 Å². The molecule has 0 bridgehead atoms. The van der Waals surface area contributed by atoms with Gasteiger partial charge in [-0.15, -0.1) is 0 Å². The summed E-state index contributed by atoms with van der Waals surface area (Å²) in [5, 5.41) is 14.9. The Balaban J connectivity index is 1.24. The van der Waals surface area contributed by atoms with Gasteiger partial charge in [-0.1, -0.05) is 6.07 Å². The molecule has 0 atom stereocenters. The topological polar surface area (TPSA) is 89.9 Å². The molecule has 0 amide bonds. The van der Waals surface area contributed by atoms with Gasteiger partial charge < -0.3 is 14.8 Å². The molecule has 2 N–H and O–H groups in total. The van der Waals surface area contributed by atoms with Gasteiger partial charge >= 0.3 is 0 Å². The minimum Gasteiger partial charge on any atom is -0.454 e. The second-order valence-electron chi connectivity index (χ2n) is 6.42. The van der Waals surface area contributed by atoms with E-state index in [4.69, 9.17) is 9.47 Å². The van der Waals surface area contributed by atoms with Crippen molar-refractivity contribution in [3.8, 4) is 28.6 Å². The highest BCUT2D eigenvalue weighted by Crippen LogP contribution is 2.36. The van der Waals surface area contributed by atoms with E-state index in [0.29, 0.717) is 13.1 Å². The highest BCUT2D eigenvalue weighted by Gasteiger charge is 2.16. The molecule has 0 spiro atoms. The summed E-state index contributed by atoms with van der Waals surface area (Å²) >= 11 is 0. The Morgan fingerprint density at radius 1 is 1.07 bits per heavy atom. The van der Waals surface area contributed by atoms with Crippen LogP contribution in [0.1, 0.15) is 11.1 Å². The molecule has 4 heterocycles. The Morgan fingerprint density at radius 2 is 2.04 bits per heavy atom. The Hall–Kier alpha value is -3.65. The first-order chi connectivity index (χ1) is 13.9. The summed E-state index contributed by atoms with van der Waals surface area (Å²) in [7, 11) is 0. The molecule has 0 saturated heterocycles. The van der Waals surface area contributed by atoms with E-state index in [2.05, 4.69) is 25.6 Å². The standard InChI is InChI=1S/C20H18N6O2/c1-6-24-26(7-1)19-5-2-14(10-22-19)9-21-11-16-12-23-25-20(16)15-3-4-17-18(8-15)28-13-27-17/h1-8,10,12,21H,9,11,13H2,(H,23,25). The number of nitrogens with zero attached hydrogens (tertiary/aromatic N) is 4. The molecule has 4 aromatic rings. The van der Waals surface area contributed by atoms with Gasteiger partial charge in [0.05, 0.1) is 11.9 Å². The molecule has 0 saturated carbocycles. The number of hydrogen-bond donors (Lipinski definition) is 2. The monoisotopic (exact) mass is 374 g/mol. The number of pyridine rings is 1. The molecule has 5 rings (SSSR count). The summed E-state index contributed by atoms with van der Waals surface area (Å²) in [6, 6.07) is 11.8. The smallest absolute Gasteiger partial charge is 0.231 e. The number of nitrogens with one attached hydrogen (secondary N) is 2. The fraction of sp³-hybridized carbons (Fsp3) is 0.150. The van der Waals surface area contributed by atoms with Gasteiger partial charge in [-0.25, -0.2) is 9.67 Å². The van der Waals surface area contributed by atoms with Crippen LogP contribution in [0.15, 0.2) is 61.2 Å². The van der Waals surface area contributed by atoms with E-state index in [1.54, 1.807) is 10.9 Å². The van der Waals surface area contributed by atoms with Crippen molar-refractivity contribution in [3.05, 3.63) is 72.3 Å². The van der Waals surface area contributed by atoms with Gasteiger partial charge in [-0.2, -0.15) is 10.2 Å². The van der Waals surface area contributed by atoms with Gasteiger partial charge in [-0.3, -0.25) is 5.10 Å². The number of hydrogen-bond acceptors (Lipinski definition) is 6. The van der Waals surface area contributed by atoms with Crippen LogP contribution in [0.5, 0.6) is 11.5 Å². The SMILES string of the molecule is c1cnn(-c2ccc(CNCc3cn[nH]c3-c3ccc4c(c3)OCO4)cn2)c1. The average molecular weight is 374 g/mol. The van der Waals surface area contributed by atoms with Crippen molar-refractivity contribution in [2.75, 3.05) is 6.79 Å². The van der Waals surface area contributed by atoms with Crippen LogP contribution in [0.2, 0.25) is 0 Å². The minimum absolute atomic E-state index is 0.267. The van der Waals surface area contributed by atoms with Crippen LogP contribution in [0.3, 0.4) is 0 Å². The lowest BCUT2D eigenvalue weighted by Gasteiger charge is -2.07. The van der Waals surface area contributed by atoms with Crippen molar-refractivity contribution in [1.29, 1.82) is 0 Å². The summed E-state index contributed by atoms with van der Waals surface area (Å²) in [6.07, 6.45) is 7.31. The number of ether oxygens (including phenoxy) is 2. The Labute approximate surface area is 161 Å². The Bertz CT molecular complexity index is 1070. The van der Waals surface area contributed by atoms with Gasteiger partial charge in [0.2, 0.25) is 6.79 Å². The van der Waals surface area contributed by atoms with Crippen molar-refractivity contribution in [2.24, 2.45) is 0 Å². The zero-order valence-corrected chi connectivity index (χ0v) is 15.0. The van der Waals surface area contributed by atoms with Crippen LogP contribution in [0.4, 0.5) is 0 Å². The third kappa shape index (κ3) is 3.21. The summed E-state index contributed by atoms with van der Waals surface area (Å²) < 4.78 is 12.6. The fourth-order valence-electron chi connectivity index (χ4n) is 3.15. The maximum Gasteiger partial charge on any atom is 0.231 e. The molecule has 8 heteroatoms. The normalized spacial score (nSPS) is 12.4. The average Bonchev–Trinajstić information content (AvgIpc) is 3.49. The largest absolute Gasteiger partial charge is 0.454 e. The molecule has 0 unspecified atom stereocenters. The Morgan fingerprint density at radius 3 is 2.89 bits per heavy atom. The molecule has 0 radical (unpaired) electrons. The second-order valence-corrected chi connectivity index (χ2v) is 6.42. The molecule has 0 aliphatic carbocycles. The maximum absolute atomic E-state index is 5.47. The van der Waals surface area contributed by atoms with Gasteiger partial charge in [-0.05, 0) is 35.9 Å². The van der Waals surface area contributed by atoms with Gasteiger partial charge in [0, 0.05) is 42.8 Å². The summed E-state index contributed by atoms with van der Waals surface area (Å²) in [5.41, 5.74) is 4.17. The van der Waals surface area contributed by atoms with Crippen molar-refractivity contribution in [2.45, 2.75) is 13.1 Å². The zero-order chi connectivity index (χ0) is 18.8. The number of fused-ring (bicyclic) bond motifs is 1. The molecule has 3 aromatic heterocycles. The molecule has 0 fully saturated rings. The molecule has 1 aromatic carbocycles. The van der Waals surface area contributed by atoms with Crippen molar-refractivity contribution in [1.82, 2.24) is 30.3 Å². The first-order valence-corrected chi connectivity index (χ1v) is 8.95. The molecular weight excluding hydrogens is 356 g/mol. The highest BCUT2D eigenvalue weighted by molar-refractivity contribution is 5.66. The predicted molar refractivity (Wildman–Crippen MR) is 102 cm³/mol. The van der Waals surface area contributed by atoms with Gasteiger partial charge in [0.15, 0.2) is 17.3 Å². The van der Waals surface area contributed by atoms with Crippen LogP contribution in [0.25, 0.3) is 17.1 Å². The second kappa shape index (κ2) is 7.16. The Kier molecular flexibility index (Phi) is 4.23. The molecule has 8 nitrogen and oxygen atoms in total. The van der Waals surface area contributed by atoms with E-state index in [-0.39, 0.29) is 6.79 Å². The lowest BCUT2D eigenvalue weighted by molar-refractivity contribution is 0.174. The molecule has 1 aliphatic heterocycles. The first-order valence-electron chi connectivity index (χ1n) is 8.95. The molecular formula is C20H18N6O2. The van der Waals surface area contributed by atoms with Crippen molar-refractivity contribution < 1.29 is 9.47 Å². The van der Waals surface area contributed by atoms with Crippen LogP contribution < -0.4 is 14.8 Å². The highest BCUT2D eigenvalue weighted by atomic mass is 16.7. The van der Waals surface area contributed by atoms with E-state index >= 15 is 0 Å². The third-order valence-corrected chi connectivity index (χ3v) is 4.57. The summed E-state index contributed by atoms with van der Waals surface area (Å²) in [6.45, 7) is 1.66. The maximum atomic E-state index is 5.47. The van der Waals surface area contributed by atoms with Crippen LogP contribution >= 0.6 is 0 Å². The van der Waals surface area contributed by atoms with E-state index in [1.165, 1.54) is 0 Å². The molecule has 140 valence electrons.